The number of carbonyl (C=O) groups excluding carboxylic acids is 1. The maximum absolute atomic E-state index is 12.1. The van der Waals surface area contributed by atoms with Crippen LogP contribution < -0.4 is 11.2 Å². The summed E-state index contributed by atoms with van der Waals surface area (Å²) in [4.78, 5) is 12.1. The van der Waals surface area contributed by atoms with Crippen molar-refractivity contribution in [2.24, 2.45) is 5.10 Å². The standard InChI is InChI=1S/C20H20N4O/c1-14-12-16(15(2)24(14)17-8-4-3-5-9-17)13-22-23-20(25)18-10-6-7-11-19(18)21/h3-13H,21H2,1-2H3,(H,23,25)/b22-13-. The number of nitrogens with two attached hydrogens (primary N) is 1. The third-order valence-electron chi connectivity index (χ3n) is 4.06. The van der Waals surface area contributed by atoms with E-state index in [2.05, 4.69) is 27.2 Å². The second kappa shape index (κ2) is 7.05. The highest BCUT2D eigenvalue weighted by Crippen LogP contribution is 2.19. The summed E-state index contributed by atoms with van der Waals surface area (Å²) in [5.74, 6) is -0.328. The lowest BCUT2D eigenvalue weighted by Gasteiger charge is -2.09. The number of para-hydroxylation sites is 2. The third kappa shape index (κ3) is 3.45. The molecule has 3 N–H and O–H groups in total. The van der Waals surface area contributed by atoms with Crippen LogP contribution in [0.5, 0.6) is 0 Å². The van der Waals surface area contributed by atoms with Crippen LogP contribution in [0.15, 0.2) is 65.8 Å². The van der Waals surface area contributed by atoms with E-state index < -0.39 is 0 Å². The van der Waals surface area contributed by atoms with Gasteiger partial charge in [-0.1, -0.05) is 30.3 Å². The number of benzene rings is 2. The second-order valence-corrected chi connectivity index (χ2v) is 5.78. The molecule has 25 heavy (non-hydrogen) atoms. The van der Waals surface area contributed by atoms with E-state index in [0.29, 0.717) is 11.3 Å². The molecule has 1 heterocycles. The van der Waals surface area contributed by atoms with Gasteiger partial charge in [-0.05, 0) is 44.2 Å². The number of aryl methyl sites for hydroxylation is 1. The lowest BCUT2D eigenvalue weighted by Crippen LogP contribution is -2.19. The summed E-state index contributed by atoms with van der Waals surface area (Å²) in [6.07, 6.45) is 1.65. The molecule has 0 aliphatic carbocycles. The van der Waals surface area contributed by atoms with Gasteiger partial charge in [-0.15, -0.1) is 0 Å². The first-order valence-corrected chi connectivity index (χ1v) is 8.00. The van der Waals surface area contributed by atoms with Crippen LogP contribution in [0.4, 0.5) is 5.69 Å². The van der Waals surface area contributed by atoms with Crippen molar-refractivity contribution < 1.29 is 4.79 Å². The van der Waals surface area contributed by atoms with Gasteiger partial charge in [0.05, 0.1) is 11.8 Å². The molecule has 0 aliphatic rings. The minimum atomic E-state index is -0.328. The fourth-order valence-corrected chi connectivity index (χ4v) is 2.82. The molecule has 0 spiro atoms. The van der Waals surface area contributed by atoms with Crippen molar-refractivity contribution in [3.05, 3.63) is 83.2 Å². The first-order chi connectivity index (χ1) is 12.1. The number of hydrogen-bond donors (Lipinski definition) is 2. The van der Waals surface area contributed by atoms with Crippen molar-refractivity contribution in [3.8, 4) is 5.69 Å². The van der Waals surface area contributed by atoms with Gasteiger partial charge in [-0.3, -0.25) is 4.79 Å². The Morgan fingerprint density at radius 3 is 2.48 bits per heavy atom. The number of aromatic nitrogens is 1. The normalized spacial score (nSPS) is 11.0. The maximum atomic E-state index is 12.1. The number of anilines is 1. The van der Waals surface area contributed by atoms with E-state index in [0.717, 1.165) is 22.6 Å². The van der Waals surface area contributed by atoms with Gasteiger partial charge in [0.15, 0.2) is 0 Å². The van der Waals surface area contributed by atoms with Gasteiger partial charge in [0, 0.05) is 28.3 Å². The molecule has 5 heteroatoms. The molecule has 0 radical (unpaired) electrons. The average molecular weight is 332 g/mol. The Hall–Kier alpha value is -3.34. The number of carbonyl (C=O) groups is 1. The predicted molar refractivity (Wildman–Crippen MR) is 101 cm³/mol. The van der Waals surface area contributed by atoms with Gasteiger partial charge in [0.1, 0.15) is 0 Å². The first-order valence-electron chi connectivity index (χ1n) is 8.00. The summed E-state index contributed by atoms with van der Waals surface area (Å²) < 4.78 is 2.15. The van der Waals surface area contributed by atoms with E-state index in [1.165, 1.54) is 0 Å². The van der Waals surface area contributed by atoms with Crippen LogP contribution in [-0.4, -0.2) is 16.7 Å². The molecule has 1 aromatic heterocycles. The molecule has 0 unspecified atom stereocenters. The van der Waals surface area contributed by atoms with E-state index in [1.807, 2.05) is 38.1 Å². The average Bonchev–Trinajstić information content (AvgIpc) is 2.89. The molecule has 3 rings (SSSR count). The zero-order chi connectivity index (χ0) is 17.8. The van der Waals surface area contributed by atoms with Gasteiger partial charge in [0.25, 0.3) is 5.91 Å². The third-order valence-corrected chi connectivity index (χ3v) is 4.06. The summed E-state index contributed by atoms with van der Waals surface area (Å²) in [6, 6.07) is 19.1. The van der Waals surface area contributed by atoms with Crippen LogP contribution in [0.25, 0.3) is 5.69 Å². The number of rotatable bonds is 4. The second-order valence-electron chi connectivity index (χ2n) is 5.78. The largest absolute Gasteiger partial charge is 0.398 e. The summed E-state index contributed by atoms with van der Waals surface area (Å²) in [6.45, 7) is 4.07. The highest BCUT2D eigenvalue weighted by Gasteiger charge is 2.10. The zero-order valence-corrected chi connectivity index (χ0v) is 14.2. The Kier molecular flexibility index (Phi) is 4.66. The quantitative estimate of drug-likeness (QED) is 0.436. The number of hydrogen-bond acceptors (Lipinski definition) is 3. The Balaban J connectivity index is 1.79. The van der Waals surface area contributed by atoms with E-state index in [4.69, 9.17) is 5.73 Å². The van der Waals surface area contributed by atoms with Gasteiger partial charge >= 0.3 is 0 Å². The molecular weight excluding hydrogens is 312 g/mol. The molecule has 3 aromatic rings. The molecule has 126 valence electrons. The van der Waals surface area contributed by atoms with Crippen molar-refractivity contribution >= 4 is 17.8 Å². The number of amides is 1. The summed E-state index contributed by atoms with van der Waals surface area (Å²) in [5.41, 5.74) is 13.4. The molecule has 0 atom stereocenters. The van der Waals surface area contributed by atoms with E-state index >= 15 is 0 Å². The van der Waals surface area contributed by atoms with Gasteiger partial charge < -0.3 is 10.3 Å². The number of nitrogens with one attached hydrogen (secondary N) is 1. The van der Waals surface area contributed by atoms with Gasteiger partial charge in [-0.25, -0.2) is 5.43 Å². The van der Waals surface area contributed by atoms with E-state index in [1.54, 1.807) is 30.5 Å². The number of nitrogen functional groups attached to an aromatic ring is 1. The van der Waals surface area contributed by atoms with Crippen molar-refractivity contribution in [1.82, 2.24) is 9.99 Å². The highest BCUT2D eigenvalue weighted by atomic mass is 16.2. The van der Waals surface area contributed by atoms with Gasteiger partial charge in [-0.2, -0.15) is 5.10 Å². The molecule has 0 fully saturated rings. The van der Waals surface area contributed by atoms with Crippen molar-refractivity contribution in [1.29, 1.82) is 0 Å². The molecule has 2 aromatic carbocycles. The van der Waals surface area contributed by atoms with Crippen LogP contribution in [0.3, 0.4) is 0 Å². The SMILES string of the molecule is Cc1cc(/C=N\NC(=O)c2ccccc2N)c(C)n1-c1ccccc1. The van der Waals surface area contributed by atoms with Crippen molar-refractivity contribution in [3.63, 3.8) is 0 Å². The van der Waals surface area contributed by atoms with Crippen LogP contribution in [0.2, 0.25) is 0 Å². The number of hydrazone groups is 1. The molecule has 0 saturated heterocycles. The summed E-state index contributed by atoms with van der Waals surface area (Å²) in [7, 11) is 0. The highest BCUT2D eigenvalue weighted by molar-refractivity contribution is 5.99. The zero-order valence-electron chi connectivity index (χ0n) is 14.2. The minimum Gasteiger partial charge on any atom is -0.398 e. The smallest absolute Gasteiger partial charge is 0.273 e. The van der Waals surface area contributed by atoms with Crippen LogP contribution >= 0.6 is 0 Å². The topological polar surface area (TPSA) is 72.4 Å². The Morgan fingerprint density at radius 2 is 1.76 bits per heavy atom. The molecule has 5 nitrogen and oxygen atoms in total. The molecule has 1 amide bonds. The van der Waals surface area contributed by atoms with Crippen molar-refractivity contribution in [2.45, 2.75) is 13.8 Å². The first kappa shape index (κ1) is 16.5. The Labute approximate surface area is 146 Å². The fraction of sp³-hybridized carbons (Fsp3) is 0.100. The predicted octanol–water partition coefficient (Wildman–Crippen LogP) is 3.44. The minimum absolute atomic E-state index is 0.328. The summed E-state index contributed by atoms with van der Waals surface area (Å²) in [5, 5.41) is 4.07. The fourth-order valence-electron chi connectivity index (χ4n) is 2.82. The number of nitrogens with zero attached hydrogens (tertiary/aromatic N) is 2. The molecule has 0 bridgehead atoms. The maximum Gasteiger partial charge on any atom is 0.273 e. The molecule has 0 aliphatic heterocycles. The Bertz CT molecular complexity index is 926. The van der Waals surface area contributed by atoms with E-state index in [-0.39, 0.29) is 5.91 Å². The van der Waals surface area contributed by atoms with Crippen molar-refractivity contribution in [2.75, 3.05) is 5.73 Å². The molecular formula is C20H20N4O. The van der Waals surface area contributed by atoms with Crippen LogP contribution in [-0.2, 0) is 0 Å². The monoisotopic (exact) mass is 332 g/mol. The lowest BCUT2D eigenvalue weighted by molar-refractivity contribution is 0.0956. The van der Waals surface area contributed by atoms with E-state index in [9.17, 15) is 4.79 Å². The molecule has 0 saturated carbocycles. The van der Waals surface area contributed by atoms with Crippen LogP contribution in [0.1, 0.15) is 27.3 Å². The Morgan fingerprint density at radius 1 is 1.08 bits per heavy atom. The lowest BCUT2D eigenvalue weighted by atomic mass is 10.2. The van der Waals surface area contributed by atoms with Crippen LogP contribution in [0, 0.1) is 13.8 Å². The summed E-state index contributed by atoms with van der Waals surface area (Å²) >= 11 is 0. The van der Waals surface area contributed by atoms with Gasteiger partial charge in [0.2, 0.25) is 0 Å².